The molecule has 0 aliphatic carbocycles. The van der Waals surface area contributed by atoms with Crippen molar-refractivity contribution in [2.24, 2.45) is 0 Å². The predicted molar refractivity (Wildman–Crippen MR) is 143 cm³/mol. The molecule has 0 spiro atoms. The van der Waals surface area contributed by atoms with Gasteiger partial charge in [0, 0.05) is 0 Å². The van der Waals surface area contributed by atoms with E-state index < -0.39 is 0 Å². The molecule has 0 amide bonds. The second-order valence-corrected chi connectivity index (χ2v) is 10.2. The van der Waals surface area contributed by atoms with Gasteiger partial charge in [0.15, 0.2) is 0 Å². The van der Waals surface area contributed by atoms with Gasteiger partial charge < -0.3 is 9.80 Å². The molecule has 0 aromatic rings. The third kappa shape index (κ3) is 24.4. The minimum absolute atomic E-state index is 1.29. The Morgan fingerprint density at radius 1 is 0.323 bits per heavy atom. The summed E-state index contributed by atoms with van der Waals surface area (Å²) in [5.74, 6) is 0. The highest BCUT2D eigenvalue weighted by atomic mass is 15.1. The molecule has 0 N–H and O–H groups in total. The molecule has 0 saturated heterocycles. The summed E-state index contributed by atoms with van der Waals surface area (Å²) >= 11 is 0. The molecule has 0 heterocycles. The van der Waals surface area contributed by atoms with Gasteiger partial charge in [-0.3, -0.25) is 0 Å². The van der Waals surface area contributed by atoms with Crippen LogP contribution in [-0.4, -0.2) is 49.6 Å². The Kier molecular flexibility index (Phi) is 26.1. The summed E-state index contributed by atoms with van der Waals surface area (Å²) in [4.78, 5) is 5.37. The summed E-state index contributed by atoms with van der Waals surface area (Å²) in [7, 11) is 2.33. The van der Waals surface area contributed by atoms with Crippen molar-refractivity contribution in [2.75, 3.05) is 39.8 Å². The molecule has 0 aromatic heterocycles. The monoisotopic (exact) mass is 438 g/mol. The number of rotatable bonds is 26. The first-order valence-corrected chi connectivity index (χ1v) is 14.6. The van der Waals surface area contributed by atoms with Crippen LogP contribution in [0.3, 0.4) is 0 Å². The average Bonchev–Trinajstić information content (AvgIpc) is 2.77. The van der Waals surface area contributed by atoms with Gasteiger partial charge in [0.25, 0.3) is 0 Å². The van der Waals surface area contributed by atoms with Crippen LogP contribution in [0.2, 0.25) is 0 Å². The van der Waals surface area contributed by atoms with Crippen LogP contribution in [-0.2, 0) is 0 Å². The largest absolute Gasteiger partial charge is 0.306 e. The van der Waals surface area contributed by atoms with E-state index in [0.29, 0.717) is 0 Å². The fourth-order valence-corrected chi connectivity index (χ4v) is 4.56. The maximum atomic E-state index is 2.80. The molecule has 0 saturated carbocycles. The number of hydrogen-bond donors (Lipinski definition) is 0. The minimum atomic E-state index is 1.29. The Morgan fingerprint density at radius 2 is 0.581 bits per heavy atom. The van der Waals surface area contributed by atoms with Crippen molar-refractivity contribution in [1.29, 1.82) is 0 Å². The summed E-state index contributed by atoms with van der Waals surface area (Å²) in [6.45, 7) is 13.5. The maximum absolute atomic E-state index is 2.80. The molecular formula is C29H62N2. The lowest BCUT2D eigenvalue weighted by Gasteiger charge is -2.23. The quantitative estimate of drug-likeness (QED) is 0.124. The first-order valence-electron chi connectivity index (χ1n) is 14.6. The van der Waals surface area contributed by atoms with Crippen LogP contribution < -0.4 is 0 Å². The molecule has 0 rings (SSSR count). The lowest BCUT2D eigenvalue weighted by molar-refractivity contribution is 0.245. The summed E-state index contributed by atoms with van der Waals surface area (Å²) in [5, 5.41) is 0. The smallest absolute Gasteiger partial charge is 0.00183 e. The molecule has 0 unspecified atom stereocenters. The predicted octanol–water partition coefficient (Wildman–Crippen LogP) is 9.08. The van der Waals surface area contributed by atoms with Crippen molar-refractivity contribution in [3.05, 3.63) is 0 Å². The average molecular weight is 439 g/mol. The Morgan fingerprint density at radius 3 is 0.968 bits per heavy atom. The summed E-state index contributed by atoms with van der Waals surface area (Å²) in [5.41, 5.74) is 0. The molecule has 188 valence electrons. The number of nitrogens with zero attached hydrogens (tertiary/aromatic N) is 2. The Bertz CT molecular complexity index is 302. The van der Waals surface area contributed by atoms with Crippen LogP contribution in [0.15, 0.2) is 0 Å². The second kappa shape index (κ2) is 26.2. The first-order chi connectivity index (χ1) is 15.2. The number of hydrogen-bond acceptors (Lipinski definition) is 2. The number of unbranched alkanes of at least 4 members (excludes halogenated alkanes) is 16. The Labute approximate surface area is 198 Å². The molecule has 0 aromatic carbocycles. The SMILES string of the molecule is CCCCCCCCN(C)CCCCN(CCCCCCCC)CCCCCCCC. The van der Waals surface area contributed by atoms with E-state index in [9.17, 15) is 0 Å². The van der Waals surface area contributed by atoms with Crippen molar-refractivity contribution in [3.8, 4) is 0 Å². The third-order valence-electron chi connectivity index (χ3n) is 6.81. The molecule has 0 aliphatic rings. The van der Waals surface area contributed by atoms with E-state index in [2.05, 4.69) is 37.6 Å². The van der Waals surface area contributed by atoms with E-state index in [1.807, 2.05) is 0 Å². The van der Waals surface area contributed by atoms with Gasteiger partial charge in [-0.2, -0.15) is 0 Å². The van der Waals surface area contributed by atoms with Gasteiger partial charge in [-0.05, 0) is 71.9 Å². The molecule has 2 nitrogen and oxygen atoms in total. The van der Waals surface area contributed by atoms with Crippen LogP contribution >= 0.6 is 0 Å². The zero-order chi connectivity index (χ0) is 22.8. The summed E-state index contributed by atoms with van der Waals surface area (Å²) in [6, 6.07) is 0. The molecule has 0 atom stereocenters. The van der Waals surface area contributed by atoms with Crippen LogP contribution in [0.5, 0.6) is 0 Å². The van der Waals surface area contributed by atoms with Gasteiger partial charge in [0.2, 0.25) is 0 Å². The zero-order valence-electron chi connectivity index (χ0n) is 22.6. The van der Waals surface area contributed by atoms with Crippen molar-refractivity contribution < 1.29 is 0 Å². The molecule has 31 heavy (non-hydrogen) atoms. The highest BCUT2D eigenvalue weighted by Gasteiger charge is 2.06. The van der Waals surface area contributed by atoms with Crippen molar-refractivity contribution in [3.63, 3.8) is 0 Å². The second-order valence-electron chi connectivity index (χ2n) is 10.2. The van der Waals surface area contributed by atoms with E-state index in [4.69, 9.17) is 0 Å². The van der Waals surface area contributed by atoms with Crippen molar-refractivity contribution >= 4 is 0 Å². The van der Waals surface area contributed by atoms with Crippen molar-refractivity contribution in [1.82, 2.24) is 9.80 Å². The van der Waals surface area contributed by atoms with Gasteiger partial charge in [-0.1, -0.05) is 117 Å². The van der Waals surface area contributed by atoms with Gasteiger partial charge in [0.05, 0.1) is 0 Å². The van der Waals surface area contributed by atoms with Crippen molar-refractivity contribution in [2.45, 2.75) is 149 Å². The highest BCUT2D eigenvalue weighted by molar-refractivity contribution is 4.61. The van der Waals surface area contributed by atoms with Gasteiger partial charge in [0.1, 0.15) is 0 Å². The van der Waals surface area contributed by atoms with Crippen LogP contribution in [0, 0.1) is 0 Å². The fraction of sp³-hybridized carbons (Fsp3) is 1.00. The normalized spacial score (nSPS) is 11.8. The van der Waals surface area contributed by atoms with Crippen LogP contribution in [0.25, 0.3) is 0 Å². The van der Waals surface area contributed by atoms with Crippen LogP contribution in [0.1, 0.15) is 149 Å². The van der Waals surface area contributed by atoms with E-state index in [-0.39, 0.29) is 0 Å². The molecule has 0 bridgehead atoms. The topological polar surface area (TPSA) is 6.48 Å². The van der Waals surface area contributed by atoms with E-state index in [0.717, 1.165) is 0 Å². The molecule has 0 radical (unpaired) electrons. The van der Waals surface area contributed by atoms with Crippen LogP contribution in [0.4, 0.5) is 0 Å². The third-order valence-corrected chi connectivity index (χ3v) is 6.81. The van der Waals surface area contributed by atoms with Gasteiger partial charge in [-0.15, -0.1) is 0 Å². The Hall–Kier alpha value is -0.0800. The summed E-state index contributed by atoms with van der Waals surface area (Å²) in [6.07, 6.45) is 28.3. The maximum Gasteiger partial charge on any atom is -0.00183 e. The molecule has 0 aliphatic heterocycles. The molecular weight excluding hydrogens is 376 g/mol. The minimum Gasteiger partial charge on any atom is -0.306 e. The molecule has 2 heteroatoms. The van der Waals surface area contributed by atoms with Gasteiger partial charge >= 0.3 is 0 Å². The fourth-order valence-electron chi connectivity index (χ4n) is 4.56. The standard InChI is InChI=1S/C29H62N2/c1-5-8-11-14-17-20-25-30(4)26-23-24-29-31(27-21-18-15-12-9-6-2)28-22-19-16-13-10-7-3/h5-29H2,1-4H3. The Balaban J connectivity index is 3.88. The van der Waals surface area contributed by atoms with E-state index >= 15 is 0 Å². The first kappa shape index (κ1) is 30.9. The highest BCUT2D eigenvalue weighted by Crippen LogP contribution is 2.10. The summed E-state index contributed by atoms with van der Waals surface area (Å²) < 4.78 is 0. The molecule has 0 fully saturated rings. The van der Waals surface area contributed by atoms with Gasteiger partial charge in [-0.25, -0.2) is 0 Å². The lowest BCUT2D eigenvalue weighted by Crippen LogP contribution is -2.28. The van der Waals surface area contributed by atoms with E-state index in [1.165, 1.54) is 161 Å². The van der Waals surface area contributed by atoms with E-state index in [1.54, 1.807) is 0 Å². The lowest BCUT2D eigenvalue weighted by atomic mass is 10.1. The zero-order valence-corrected chi connectivity index (χ0v) is 22.6.